The number of rotatable bonds is 10. The molecule has 30 heavy (non-hydrogen) atoms. The van der Waals surface area contributed by atoms with E-state index in [0.29, 0.717) is 23.4 Å². The SMILES string of the molecule is CCC(C)(C)CC(C1C=CC(OCC(C)OC2(CC)CCCCC2)CC1)C(C)(C)C. The molecule has 1 saturated carbocycles. The Morgan fingerprint density at radius 1 is 0.967 bits per heavy atom. The lowest BCUT2D eigenvalue weighted by atomic mass is 9.64. The third kappa shape index (κ3) is 7.66. The highest BCUT2D eigenvalue weighted by atomic mass is 16.5. The Morgan fingerprint density at radius 3 is 2.13 bits per heavy atom. The van der Waals surface area contributed by atoms with Gasteiger partial charge in [0.05, 0.1) is 24.4 Å². The van der Waals surface area contributed by atoms with E-state index in [-0.39, 0.29) is 17.8 Å². The molecule has 0 saturated heterocycles. The van der Waals surface area contributed by atoms with Crippen LogP contribution in [0.5, 0.6) is 0 Å². The van der Waals surface area contributed by atoms with Gasteiger partial charge in [-0.2, -0.15) is 0 Å². The zero-order chi connectivity index (χ0) is 22.4. The summed E-state index contributed by atoms with van der Waals surface area (Å²) >= 11 is 0. The van der Waals surface area contributed by atoms with Crippen LogP contribution in [-0.2, 0) is 9.47 Å². The predicted molar refractivity (Wildman–Crippen MR) is 130 cm³/mol. The van der Waals surface area contributed by atoms with Crippen LogP contribution < -0.4 is 0 Å². The van der Waals surface area contributed by atoms with Crippen LogP contribution in [0.25, 0.3) is 0 Å². The van der Waals surface area contributed by atoms with Crippen molar-refractivity contribution < 1.29 is 9.47 Å². The van der Waals surface area contributed by atoms with Crippen molar-refractivity contribution in [3.8, 4) is 0 Å². The maximum absolute atomic E-state index is 6.54. The van der Waals surface area contributed by atoms with Crippen LogP contribution in [0.2, 0.25) is 0 Å². The van der Waals surface area contributed by atoms with Gasteiger partial charge in [0.2, 0.25) is 0 Å². The minimum absolute atomic E-state index is 0.112. The average molecular weight is 421 g/mol. The molecular weight excluding hydrogens is 368 g/mol. The fourth-order valence-electron chi connectivity index (χ4n) is 5.60. The molecule has 176 valence electrons. The van der Waals surface area contributed by atoms with Crippen LogP contribution in [0.15, 0.2) is 12.2 Å². The molecule has 0 bridgehead atoms. The molecule has 2 aliphatic carbocycles. The molecule has 0 aromatic rings. The van der Waals surface area contributed by atoms with Crippen molar-refractivity contribution >= 4 is 0 Å². The van der Waals surface area contributed by atoms with Crippen molar-refractivity contribution in [2.24, 2.45) is 22.7 Å². The average Bonchev–Trinajstić information content (AvgIpc) is 2.71. The van der Waals surface area contributed by atoms with Gasteiger partial charge < -0.3 is 9.47 Å². The van der Waals surface area contributed by atoms with E-state index in [4.69, 9.17) is 9.47 Å². The first kappa shape index (κ1) is 25.9. The standard InChI is InChI=1S/C28H52O2/c1-9-27(7,8)20-25(26(4,5)6)23-14-16-24(17-15-23)29-21-22(3)30-28(10-2)18-12-11-13-19-28/h14,16,22-25H,9-13,15,17-21H2,1-8H3. The number of ether oxygens (including phenoxy) is 2. The van der Waals surface area contributed by atoms with E-state index >= 15 is 0 Å². The molecular formula is C28H52O2. The second kappa shape index (κ2) is 11.0. The molecule has 0 spiro atoms. The molecule has 2 aliphatic rings. The zero-order valence-corrected chi connectivity index (χ0v) is 21.6. The summed E-state index contributed by atoms with van der Waals surface area (Å²) < 4.78 is 12.8. The highest BCUT2D eigenvalue weighted by molar-refractivity contribution is 5.03. The van der Waals surface area contributed by atoms with E-state index in [1.54, 1.807) is 0 Å². The maximum Gasteiger partial charge on any atom is 0.0788 e. The smallest absolute Gasteiger partial charge is 0.0788 e. The Kier molecular flexibility index (Phi) is 9.50. The molecule has 1 fully saturated rings. The molecule has 0 amide bonds. The van der Waals surface area contributed by atoms with Crippen molar-refractivity contribution in [3.63, 3.8) is 0 Å². The third-order valence-electron chi connectivity index (χ3n) is 8.12. The summed E-state index contributed by atoms with van der Waals surface area (Å²) in [5, 5.41) is 0. The summed E-state index contributed by atoms with van der Waals surface area (Å²) in [6.07, 6.45) is 17.8. The first-order valence-corrected chi connectivity index (χ1v) is 13.0. The van der Waals surface area contributed by atoms with E-state index in [2.05, 4.69) is 67.5 Å². The molecule has 2 rings (SSSR count). The first-order valence-electron chi connectivity index (χ1n) is 13.0. The molecule has 0 aliphatic heterocycles. The van der Waals surface area contributed by atoms with E-state index in [0.717, 1.165) is 18.8 Å². The summed E-state index contributed by atoms with van der Waals surface area (Å²) in [6, 6.07) is 0. The Bertz CT molecular complexity index is 521. The molecule has 4 atom stereocenters. The highest BCUT2D eigenvalue weighted by Gasteiger charge is 2.36. The van der Waals surface area contributed by atoms with Crippen LogP contribution in [0.4, 0.5) is 0 Å². The fraction of sp³-hybridized carbons (Fsp3) is 0.929. The normalized spacial score (nSPS) is 27.1. The summed E-state index contributed by atoms with van der Waals surface area (Å²) in [5.41, 5.74) is 0.868. The van der Waals surface area contributed by atoms with Crippen molar-refractivity contribution in [2.45, 2.75) is 137 Å². The Hall–Kier alpha value is -0.340. The van der Waals surface area contributed by atoms with Gasteiger partial charge in [0.1, 0.15) is 0 Å². The monoisotopic (exact) mass is 420 g/mol. The summed E-state index contributed by atoms with van der Waals surface area (Å²) in [4.78, 5) is 0. The number of hydrogen-bond donors (Lipinski definition) is 0. The number of hydrogen-bond acceptors (Lipinski definition) is 2. The summed E-state index contributed by atoms with van der Waals surface area (Å²) in [6.45, 7) is 19.7. The van der Waals surface area contributed by atoms with E-state index in [1.807, 2.05) is 0 Å². The minimum Gasteiger partial charge on any atom is -0.371 e. The van der Waals surface area contributed by atoms with Gasteiger partial charge in [-0.3, -0.25) is 0 Å². The van der Waals surface area contributed by atoms with Crippen LogP contribution in [0.3, 0.4) is 0 Å². The zero-order valence-electron chi connectivity index (χ0n) is 21.6. The largest absolute Gasteiger partial charge is 0.371 e. The summed E-state index contributed by atoms with van der Waals surface area (Å²) in [7, 11) is 0. The second-order valence-electron chi connectivity index (χ2n) is 12.2. The minimum atomic E-state index is 0.112. The van der Waals surface area contributed by atoms with Gasteiger partial charge in [-0.05, 0) is 68.1 Å². The Morgan fingerprint density at radius 2 is 1.63 bits per heavy atom. The van der Waals surface area contributed by atoms with Crippen LogP contribution >= 0.6 is 0 Å². The molecule has 2 nitrogen and oxygen atoms in total. The molecule has 4 unspecified atom stereocenters. The second-order valence-corrected chi connectivity index (χ2v) is 12.2. The molecule has 0 aromatic heterocycles. The van der Waals surface area contributed by atoms with Crippen LogP contribution in [-0.4, -0.2) is 24.4 Å². The third-order valence-corrected chi connectivity index (χ3v) is 8.12. The van der Waals surface area contributed by atoms with Gasteiger partial charge >= 0.3 is 0 Å². The van der Waals surface area contributed by atoms with Crippen molar-refractivity contribution in [1.82, 2.24) is 0 Å². The van der Waals surface area contributed by atoms with Crippen molar-refractivity contribution in [2.75, 3.05) is 6.61 Å². The highest BCUT2D eigenvalue weighted by Crippen LogP contribution is 2.45. The molecule has 0 radical (unpaired) electrons. The predicted octanol–water partition coefficient (Wildman–Crippen LogP) is 8.34. The lowest BCUT2D eigenvalue weighted by Gasteiger charge is -2.42. The lowest BCUT2D eigenvalue weighted by Crippen LogP contribution is -2.39. The van der Waals surface area contributed by atoms with Gasteiger partial charge in [-0.1, -0.05) is 86.3 Å². The first-order chi connectivity index (χ1) is 14.0. The maximum atomic E-state index is 6.54. The quantitative estimate of drug-likeness (QED) is 0.331. The van der Waals surface area contributed by atoms with E-state index in [9.17, 15) is 0 Å². The van der Waals surface area contributed by atoms with Crippen molar-refractivity contribution in [1.29, 1.82) is 0 Å². The molecule has 0 heterocycles. The fourth-order valence-corrected chi connectivity index (χ4v) is 5.60. The van der Waals surface area contributed by atoms with Gasteiger partial charge in [-0.25, -0.2) is 0 Å². The van der Waals surface area contributed by atoms with E-state index in [1.165, 1.54) is 51.4 Å². The molecule has 2 heteroatoms. The van der Waals surface area contributed by atoms with Crippen LogP contribution in [0.1, 0.15) is 120 Å². The lowest BCUT2D eigenvalue weighted by molar-refractivity contribution is -0.135. The van der Waals surface area contributed by atoms with Gasteiger partial charge in [0.25, 0.3) is 0 Å². The van der Waals surface area contributed by atoms with Gasteiger partial charge in [0, 0.05) is 0 Å². The number of allylic oxidation sites excluding steroid dienone is 1. The Balaban J connectivity index is 1.87. The topological polar surface area (TPSA) is 18.5 Å². The molecule has 0 N–H and O–H groups in total. The van der Waals surface area contributed by atoms with Crippen LogP contribution in [0, 0.1) is 22.7 Å². The Labute approximate surface area is 188 Å². The van der Waals surface area contributed by atoms with Gasteiger partial charge in [-0.15, -0.1) is 0 Å². The molecule has 0 aromatic carbocycles. The summed E-state index contributed by atoms with van der Waals surface area (Å²) in [5.74, 6) is 1.40. The van der Waals surface area contributed by atoms with Gasteiger partial charge in [0.15, 0.2) is 0 Å². The van der Waals surface area contributed by atoms with Crippen molar-refractivity contribution in [3.05, 3.63) is 12.2 Å². The van der Waals surface area contributed by atoms with E-state index < -0.39 is 0 Å².